The van der Waals surface area contributed by atoms with E-state index < -0.39 is 12.0 Å². The van der Waals surface area contributed by atoms with Crippen molar-refractivity contribution in [1.82, 2.24) is 4.57 Å². The summed E-state index contributed by atoms with van der Waals surface area (Å²) < 4.78 is 24.5. The largest absolute Gasteiger partial charge is 0.496 e. The summed E-state index contributed by atoms with van der Waals surface area (Å²) in [4.78, 5) is 32.2. The molecule has 0 unspecified atom stereocenters. The Morgan fingerprint density at radius 2 is 1.76 bits per heavy atom. The Kier molecular flexibility index (Phi) is 8.80. The topological polar surface area (TPSA) is 88.4 Å². The van der Waals surface area contributed by atoms with Crippen molar-refractivity contribution in [2.45, 2.75) is 26.5 Å². The fourth-order valence-electron chi connectivity index (χ4n) is 4.82. The van der Waals surface area contributed by atoms with Gasteiger partial charge in [-0.1, -0.05) is 71.5 Å². The van der Waals surface area contributed by atoms with E-state index in [1.54, 1.807) is 45.2 Å². The number of aromatic nitrogens is 1. The summed E-state index contributed by atoms with van der Waals surface area (Å²) in [5.74, 6) is 0.847. The zero-order valence-electron chi connectivity index (χ0n) is 23.5. The molecule has 0 fully saturated rings. The molecule has 1 atom stereocenters. The summed E-state index contributed by atoms with van der Waals surface area (Å²) in [5.41, 5.74) is 2.72. The molecule has 0 saturated carbocycles. The van der Waals surface area contributed by atoms with Crippen LogP contribution >= 0.6 is 22.9 Å². The lowest BCUT2D eigenvalue weighted by molar-refractivity contribution is -0.139. The molecule has 0 radical (unpaired) electrons. The molecule has 1 aliphatic heterocycles. The first-order valence-electron chi connectivity index (χ1n) is 13.2. The SMILES string of the molecule is CCOC(=O)C1=C(C)N=c2s/c(=C\c3cc(Cl)c(OCc4ccccc4)c(OC)c3)c(=O)n2[C@@H]1c1ccccc1OC. The Morgan fingerprint density at radius 3 is 2.48 bits per heavy atom. The second-order valence-corrected chi connectivity index (χ2v) is 10.8. The molecule has 2 heterocycles. The summed E-state index contributed by atoms with van der Waals surface area (Å²) in [5, 5.41) is 0.344. The van der Waals surface area contributed by atoms with Crippen molar-refractivity contribution in [3.63, 3.8) is 0 Å². The summed E-state index contributed by atoms with van der Waals surface area (Å²) >= 11 is 7.85. The quantitative estimate of drug-likeness (QED) is 0.249. The summed E-state index contributed by atoms with van der Waals surface area (Å²) in [6, 6.07) is 19.7. The minimum atomic E-state index is -0.787. The van der Waals surface area contributed by atoms with Crippen LogP contribution in [0.5, 0.6) is 17.2 Å². The smallest absolute Gasteiger partial charge is 0.338 e. The van der Waals surface area contributed by atoms with Crippen LogP contribution in [0.15, 0.2) is 87.8 Å². The number of esters is 1. The number of para-hydroxylation sites is 1. The Hall–Kier alpha value is -4.34. The molecule has 0 bridgehead atoms. The van der Waals surface area contributed by atoms with Gasteiger partial charge in [-0.15, -0.1) is 0 Å². The maximum atomic E-state index is 14.0. The Morgan fingerprint density at radius 1 is 1.05 bits per heavy atom. The number of nitrogens with zero attached hydrogens (tertiary/aromatic N) is 2. The highest BCUT2D eigenvalue weighted by molar-refractivity contribution is 7.07. The van der Waals surface area contributed by atoms with Gasteiger partial charge in [0.05, 0.1) is 41.7 Å². The van der Waals surface area contributed by atoms with E-state index in [0.717, 1.165) is 5.56 Å². The van der Waals surface area contributed by atoms with E-state index in [1.807, 2.05) is 48.5 Å². The van der Waals surface area contributed by atoms with E-state index in [4.69, 9.17) is 30.5 Å². The number of ether oxygens (including phenoxy) is 4. The number of carbonyl (C=O) groups is 1. The van der Waals surface area contributed by atoms with Crippen LogP contribution in [-0.2, 0) is 16.1 Å². The number of methoxy groups -OCH3 is 2. The third kappa shape index (κ3) is 5.70. The number of fused-ring (bicyclic) bond motifs is 1. The summed E-state index contributed by atoms with van der Waals surface area (Å²) in [6.07, 6.45) is 1.72. The number of benzene rings is 3. The number of carbonyl (C=O) groups excluding carboxylic acids is 1. The normalized spacial score (nSPS) is 14.7. The van der Waals surface area contributed by atoms with Gasteiger partial charge in [-0.3, -0.25) is 9.36 Å². The van der Waals surface area contributed by atoms with Crippen LogP contribution in [0.25, 0.3) is 6.08 Å². The molecule has 1 aliphatic rings. The zero-order valence-corrected chi connectivity index (χ0v) is 25.1. The molecule has 216 valence electrons. The standard InChI is InChI=1S/C32H29ClN2O6S/c1-5-40-31(37)27-19(2)34-32-35(28(27)22-13-9-10-14-24(22)38-3)30(36)26(42-32)17-21-15-23(33)29(25(16-21)39-4)41-18-20-11-7-6-8-12-20/h6-17,28H,5,18H2,1-4H3/b26-17-/t28-/m1/s1. The predicted octanol–water partition coefficient (Wildman–Crippen LogP) is 5.05. The highest BCUT2D eigenvalue weighted by Gasteiger charge is 2.35. The molecule has 0 aliphatic carbocycles. The fraction of sp³-hybridized carbons (Fsp3) is 0.219. The maximum Gasteiger partial charge on any atom is 0.338 e. The van der Waals surface area contributed by atoms with Crippen LogP contribution in [0.2, 0.25) is 5.02 Å². The van der Waals surface area contributed by atoms with E-state index in [9.17, 15) is 9.59 Å². The van der Waals surface area contributed by atoms with Crippen LogP contribution in [0.1, 0.15) is 36.6 Å². The first-order valence-corrected chi connectivity index (χ1v) is 14.4. The Labute approximate surface area is 251 Å². The monoisotopic (exact) mass is 604 g/mol. The lowest BCUT2D eigenvalue weighted by atomic mass is 9.95. The second kappa shape index (κ2) is 12.7. The first kappa shape index (κ1) is 29.2. The molecule has 3 aromatic carbocycles. The van der Waals surface area contributed by atoms with E-state index in [-0.39, 0.29) is 17.7 Å². The Bertz CT molecular complexity index is 1840. The van der Waals surface area contributed by atoms with E-state index >= 15 is 0 Å². The van der Waals surface area contributed by atoms with Crippen LogP contribution in [0.3, 0.4) is 0 Å². The van der Waals surface area contributed by atoms with Gasteiger partial charge in [-0.2, -0.15) is 0 Å². The molecule has 42 heavy (non-hydrogen) atoms. The van der Waals surface area contributed by atoms with Crippen LogP contribution in [0.4, 0.5) is 0 Å². The minimum absolute atomic E-state index is 0.187. The summed E-state index contributed by atoms with van der Waals surface area (Å²) in [6.45, 7) is 3.98. The zero-order chi connectivity index (χ0) is 29.8. The average Bonchev–Trinajstić information content (AvgIpc) is 3.29. The highest BCUT2D eigenvalue weighted by atomic mass is 35.5. The van der Waals surface area contributed by atoms with Crippen molar-refractivity contribution >= 4 is 35.0 Å². The van der Waals surface area contributed by atoms with Crippen molar-refractivity contribution in [2.24, 2.45) is 4.99 Å². The number of allylic oxidation sites excluding steroid dienone is 1. The molecular weight excluding hydrogens is 576 g/mol. The molecule has 4 aromatic rings. The molecule has 8 nitrogen and oxygen atoms in total. The van der Waals surface area contributed by atoms with Gasteiger partial charge in [0.25, 0.3) is 5.56 Å². The van der Waals surface area contributed by atoms with Gasteiger partial charge in [0.1, 0.15) is 18.4 Å². The van der Waals surface area contributed by atoms with Gasteiger partial charge in [0.2, 0.25) is 0 Å². The van der Waals surface area contributed by atoms with Gasteiger partial charge in [0.15, 0.2) is 16.3 Å². The predicted molar refractivity (Wildman–Crippen MR) is 162 cm³/mol. The average molecular weight is 605 g/mol. The van der Waals surface area contributed by atoms with Crippen molar-refractivity contribution in [3.05, 3.63) is 119 Å². The third-order valence-corrected chi connectivity index (χ3v) is 7.99. The van der Waals surface area contributed by atoms with Crippen molar-refractivity contribution < 1.29 is 23.7 Å². The fourth-order valence-corrected chi connectivity index (χ4v) is 6.14. The number of hydrogen-bond acceptors (Lipinski definition) is 8. The lowest BCUT2D eigenvalue weighted by Gasteiger charge is -2.25. The van der Waals surface area contributed by atoms with Crippen molar-refractivity contribution in [1.29, 1.82) is 0 Å². The molecule has 0 amide bonds. The molecule has 1 aromatic heterocycles. The van der Waals surface area contributed by atoms with Gasteiger partial charge in [-0.25, -0.2) is 9.79 Å². The third-order valence-electron chi connectivity index (χ3n) is 6.73. The van der Waals surface area contributed by atoms with Gasteiger partial charge in [-0.05, 0) is 49.2 Å². The van der Waals surface area contributed by atoms with Gasteiger partial charge >= 0.3 is 5.97 Å². The van der Waals surface area contributed by atoms with Crippen LogP contribution in [0, 0.1) is 0 Å². The molecule has 10 heteroatoms. The molecule has 5 rings (SSSR count). The number of halogens is 1. The number of hydrogen-bond donors (Lipinski definition) is 0. The lowest BCUT2D eigenvalue weighted by Crippen LogP contribution is -2.40. The second-order valence-electron chi connectivity index (χ2n) is 9.35. The maximum absolute atomic E-state index is 14.0. The number of rotatable bonds is 9. The first-order chi connectivity index (χ1) is 20.4. The van der Waals surface area contributed by atoms with E-state index in [2.05, 4.69) is 4.99 Å². The number of thiazole rings is 1. The van der Waals surface area contributed by atoms with Crippen LogP contribution < -0.4 is 29.1 Å². The Balaban J connectivity index is 1.61. The van der Waals surface area contributed by atoms with Crippen LogP contribution in [-0.4, -0.2) is 31.4 Å². The van der Waals surface area contributed by atoms with E-state index in [0.29, 0.717) is 55.0 Å². The van der Waals surface area contributed by atoms with Crippen molar-refractivity contribution in [3.8, 4) is 17.2 Å². The highest BCUT2D eigenvalue weighted by Crippen LogP contribution is 2.38. The molecular formula is C32H29ClN2O6S. The molecule has 0 N–H and O–H groups in total. The van der Waals surface area contributed by atoms with E-state index in [1.165, 1.54) is 23.0 Å². The molecule has 0 saturated heterocycles. The van der Waals surface area contributed by atoms with Crippen molar-refractivity contribution in [2.75, 3.05) is 20.8 Å². The molecule has 0 spiro atoms. The van der Waals surface area contributed by atoms with Gasteiger partial charge < -0.3 is 18.9 Å². The summed E-state index contributed by atoms with van der Waals surface area (Å²) in [7, 11) is 3.08. The van der Waals surface area contributed by atoms with Gasteiger partial charge in [0, 0.05) is 5.56 Å². The minimum Gasteiger partial charge on any atom is -0.496 e.